The summed E-state index contributed by atoms with van der Waals surface area (Å²) < 4.78 is 8.07. The Morgan fingerprint density at radius 1 is 1.00 bits per heavy atom. The lowest BCUT2D eigenvalue weighted by molar-refractivity contribution is -0.135. The lowest BCUT2D eigenvalue weighted by atomic mass is 9.93. The van der Waals surface area contributed by atoms with Crippen molar-refractivity contribution in [2.75, 3.05) is 7.11 Å². The quantitative estimate of drug-likeness (QED) is 0.195. The van der Waals surface area contributed by atoms with Crippen LogP contribution in [0.2, 0.25) is 5.02 Å². The molecule has 0 N–H and O–H groups in total. The molecule has 5 aromatic rings. The van der Waals surface area contributed by atoms with Crippen molar-refractivity contribution in [2.45, 2.75) is 13.5 Å². The van der Waals surface area contributed by atoms with Crippen LogP contribution >= 0.6 is 11.6 Å². The highest BCUT2D eigenvalue weighted by atomic mass is 35.5. The first-order valence-corrected chi connectivity index (χ1v) is 11.4. The van der Waals surface area contributed by atoms with Crippen LogP contribution in [0.25, 0.3) is 33.4 Å². The van der Waals surface area contributed by atoms with Crippen molar-refractivity contribution in [3.8, 4) is 22.3 Å². The minimum absolute atomic E-state index is 0.141. The van der Waals surface area contributed by atoms with Crippen molar-refractivity contribution >= 4 is 34.5 Å². The predicted octanol–water partition coefficient (Wildman–Crippen LogP) is 4.26. The van der Waals surface area contributed by atoms with Gasteiger partial charge in [-0.25, -0.2) is 14.5 Å². The largest absolute Gasteiger partial charge is 0.463 e. The number of esters is 1. The van der Waals surface area contributed by atoms with Crippen molar-refractivity contribution in [3.05, 3.63) is 82.8 Å². The second-order valence-corrected chi connectivity index (χ2v) is 8.73. The van der Waals surface area contributed by atoms with E-state index in [0.717, 1.165) is 16.7 Å². The zero-order valence-corrected chi connectivity index (χ0v) is 20.5. The number of carbonyl (C=O) groups is 2. The highest BCUT2D eigenvalue weighted by Gasteiger charge is 2.28. The Hall–Kier alpha value is -4.37. The number of hydrogen-bond acceptors (Lipinski definition) is 7. The number of ketones is 1. The highest BCUT2D eigenvalue weighted by molar-refractivity contribution is 6.42. The number of pyridine rings is 1. The maximum Gasteiger partial charge on any atom is 0.379 e. The minimum atomic E-state index is -0.971. The monoisotopic (exact) mass is 500 g/mol. The van der Waals surface area contributed by atoms with Gasteiger partial charge in [0.05, 0.1) is 31.1 Å². The minimum Gasteiger partial charge on any atom is -0.463 e. The number of aryl methyl sites for hydroxylation is 2. The summed E-state index contributed by atoms with van der Waals surface area (Å²) in [4.78, 5) is 29.9. The Labute approximate surface area is 211 Å². The SMILES string of the molecule is COC(=O)C(=O)c1c(C)nc2c(nnn2Cc2cnn(C)c2)c1-c1ccc(-c2ccc(Cl)cc2)cc1. The molecule has 10 heteroatoms. The van der Waals surface area contributed by atoms with Gasteiger partial charge < -0.3 is 4.74 Å². The summed E-state index contributed by atoms with van der Waals surface area (Å²) in [5.41, 5.74) is 5.50. The van der Waals surface area contributed by atoms with E-state index in [4.69, 9.17) is 16.3 Å². The fourth-order valence-electron chi connectivity index (χ4n) is 4.15. The Kier molecular flexibility index (Phi) is 6.07. The molecule has 0 bridgehead atoms. The van der Waals surface area contributed by atoms with E-state index in [9.17, 15) is 9.59 Å². The first-order valence-electron chi connectivity index (χ1n) is 11.1. The molecular formula is C26H21ClN6O3. The van der Waals surface area contributed by atoms with Crippen molar-refractivity contribution in [2.24, 2.45) is 7.05 Å². The van der Waals surface area contributed by atoms with Crippen LogP contribution < -0.4 is 0 Å². The average molecular weight is 501 g/mol. The molecule has 0 unspecified atom stereocenters. The van der Waals surface area contributed by atoms with E-state index in [0.29, 0.717) is 39.6 Å². The van der Waals surface area contributed by atoms with Crippen LogP contribution in [0.4, 0.5) is 0 Å². The van der Waals surface area contributed by atoms with Crippen LogP contribution in [0.1, 0.15) is 21.6 Å². The number of Topliss-reactive ketones (excluding diaryl/α,β-unsaturated/α-hetero) is 1. The maximum atomic E-state index is 13.1. The molecule has 0 aliphatic carbocycles. The molecule has 36 heavy (non-hydrogen) atoms. The summed E-state index contributed by atoms with van der Waals surface area (Å²) in [5, 5.41) is 13.5. The second kappa shape index (κ2) is 9.35. The summed E-state index contributed by atoms with van der Waals surface area (Å²) in [6.45, 7) is 2.08. The third kappa shape index (κ3) is 4.25. The topological polar surface area (TPSA) is 105 Å². The molecule has 0 aliphatic rings. The second-order valence-electron chi connectivity index (χ2n) is 8.29. The number of rotatable bonds is 6. The number of benzene rings is 2. The van der Waals surface area contributed by atoms with Crippen molar-refractivity contribution in [3.63, 3.8) is 0 Å². The van der Waals surface area contributed by atoms with Gasteiger partial charge in [-0.2, -0.15) is 5.10 Å². The summed E-state index contributed by atoms with van der Waals surface area (Å²) >= 11 is 6.02. The van der Waals surface area contributed by atoms with E-state index in [1.807, 2.05) is 61.8 Å². The number of ether oxygens (including phenoxy) is 1. The van der Waals surface area contributed by atoms with Crippen LogP contribution in [0.3, 0.4) is 0 Å². The lowest BCUT2D eigenvalue weighted by Crippen LogP contribution is -2.19. The van der Waals surface area contributed by atoms with Gasteiger partial charge in [0.1, 0.15) is 5.52 Å². The first-order chi connectivity index (χ1) is 17.4. The Balaban J connectivity index is 1.67. The summed E-state index contributed by atoms with van der Waals surface area (Å²) in [6, 6.07) is 15.2. The third-order valence-corrected chi connectivity index (χ3v) is 6.12. The van der Waals surface area contributed by atoms with Gasteiger partial charge in [0.25, 0.3) is 5.78 Å². The Morgan fingerprint density at radius 3 is 2.25 bits per heavy atom. The molecule has 0 fully saturated rings. The van der Waals surface area contributed by atoms with Crippen molar-refractivity contribution in [1.29, 1.82) is 0 Å². The normalized spacial score (nSPS) is 11.1. The molecule has 3 aromatic heterocycles. The van der Waals surface area contributed by atoms with E-state index >= 15 is 0 Å². The molecule has 0 saturated heterocycles. The fourth-order valence-corrected chi connectivity index (χ4v) is 4.28. The molecule has 0 saturated carbocycles. The predicted molar refractivity (Wildman–Crippen MR) is 135 cm³/mol. The van der Waals surface area contributed by atoms with E-state index in [-0.39, 0.29) is 5.56 Å². The first kappa shape index (κ1) is 23.4. The Morgan fingerprint density at radius 2 is 1.64 bits per heavy atom. The molecule has 2 aromatic carbocycles. The Bertz CT molecular complexity index is 1600. The molecule has 0 radical (unpaired) electrons. The number of aromatic nitrogens is 6. The van der Waals surface area contributed by atoms with Crippen LogP contribution in [0.5, 0.6) is 0 Å². The number of nitrogens with zero attached hydrogens (tertiary/aromatic N) is 6. The zero-order valence-electron chi connectivity index (χ0n) is 19.8. The molecule has 0 spiro atoms. The third-order valence-electron chi connectivity index (χ3n) is 5.87. The standard InChI is InChI=1S/C26H21ClN6O3/c1-15-21(24(34)26(35)36-3)22(19-6-4-17(5-7-19)18-8-10-20(27)11-9-18)23-25(29-15)33(31-30-23)14-16-12-28-32(2)13-16/h4-13H,14H2,1-3H3. The van der Waals surface area contributed by atoms with Crippen molar-refractivity contribution in [1.82, 2.24) is 29.8 Å². The zero-order chi connectivity index (χ0) is 25.4. The summed E-state index contributed by atoms with van der Waals surface area (Å²) in [7, 11) is 3.01. The maximum absolute atomic E-state index is 13.1. The summed E-state index contributed by atoms with van der Waals surface area (Å²) in [5.74, 6) is -1.76. The molecule has 9 nitrogen and oxygen atoms in total. The van der Waals surface area contributed by atoms with Crippen molar-refractivity contribution < 1.29 is 14.3 Å². The van der Waals surface area contributed by atoms with Gasteiger partial charge in [-0.05, 0) is 35.7 Å². The van der Waals surface area contributed by atoms with Crippen LogP contribution in [-0.4, -0.2) is 48.6 Å². The molecule has 5 rings (SSSR count). The van der Waals surface area contributed by atoms with Gasteiger partial charge in [0.2, 0.25) is 0 Å². The smallest absolute Gasteiger partial charge is 0.379 e. The number of halogens is 1. The number of hydrogen-bond donors (Lipinski definition) is 0. The van der Waals surface area contributed by atoms with Gasteiger partial charge in [-0.3, -0.25) is 9.48 Å². The van der Waals surface area contributed by atoms with Gasteiger partial charge in [0, 0.05) is 29.4 Å². The average Bonchev–Trinajstić information content (AvgIpc) is 3.48. The molecule has 3 heterocycles. The lowest BCUT2D eigenvalue weighted by Gasteiger charge is -2.13. The van der Waals surface area contributed by atoms with Crippen LogP contribution in [-0.2, 0) is 23.1 Å². The van der Waals surface area contributed by atoms with E-state index in [2.05, 4.69) is 20.4 Å². The van der Waals surface area contributed by atoms with Gasteiger partial charge in [0.15, 0.2) is 5.65 Å². The number of carbonyl (C=O) groups excluding carboxylic acids is 2. The molecule has 0 atom stereocenters. The molecular weight excluding hydrogens is 480 g/mol. The molecule has 0 amide bonds. The van der Waals surface area contributed by atoms with E-state index in [1.165, 1.54) is 7.11 Å². The number of methoxy groups -OCH3 is 1. The van der Waals surface area contributed by atoms with Gasteiger partial charge in [-0.1, -0.05) is 53.2 Å². The van der Waals surface area contributed by atoms with Crippen LogP contribution in [0.15, 0.2) is 60.9 Å². The molecule has 180 valence electrons. The van der Waals surface area contributed by atoms with E-state index < -0.39 is 11.8 Å². The van der Waals surface area contributed by atoms with Gasteiger partial charge >= 0.3 is 5.97 Å². The summed E-state index contributed by atoms with van der Waals surface area (Å²) in [6.07, 6.45) is 3.62. The van der Waals surface area contributed by atoms with E-state index in [1.54, 1.807) is 22.5 Å². The fraction of sp³-hybridized carbons (Fsp3) is 0.154. The molecule has 0 aliphatic heterocycles. The van der Waals surface area contributed by atoms with Gasteiger partial charge in [-0.15, -0.1) is 5.10 Å². The number of fused-ring (bicyclic) bond motifs is 1. The highest BCUT2D eigenvalue weighted by Crippen LogP contribution is 2.34. The van der Waals surface area contributed by atoms with Crippen LogP contribution in [0, 0.1) is 6.92 Å².